The van der Waals surface area contributed by atoms with Crippen molar-refractivity contribution in [1.82, 2.24) is 4.98 Å². The molecule has 1 aromatic rings. The van der Waals surface area contributed by atoms with Crippen molar-refractivity contribution in [1.29, 1.82) is 0 Å². The first kappa shape index (κ1) is 12.6. The number of hydrogen-bond acceptors (Lipinski definition) is 3. The third kappa shape index (κ3) is 3.07. The van der Waals surface area contributed by atoms with E-state index < -0.39 is 0 Å². The zero-order chi connectivity index (χ0) is 12.3. The molecule has 0 bridgehead atoms. The molecule has 0 radical (unpaired) electrons. The molecule has 0 aliphatic heterocycles. The maximum absolute atomic E-state index is 9.89. The minimum Gasteiger partial charge on any atom is -0.481 e. The first-order chi connectivity index (χ1) is 8.20. The monoisotopic (exact) mass is 297 g/mol. The van der Waals surface area contributed by atoms with Gasteiger partial charge >= 0.3 is 0 Å². The summed E-state index contributed by atoms with van der Waals surface area (Å²) in [6, 6.07) is 3.76. The minimum absolute atomic E-state index is 0.246. The fourth-order valence-electron chi connectivity index (χ4n) is 2.07. The van der Waals surface area contributed by atoms with Crippen LogP contribution in [0.4, 0.5) is 0 Å². The molecule has 4 heteroatoms. The Morgan fingerprint density at radius 1 is 1.53 bits per heavy atom. The average molecular weight is 298 g/mol. The van der Waals surface area contributed by atoms with Crippen LogP contribution in [0.15, 0.2) is 28.8 Å². The van der Waals surface area contributed by atoms with Crippen LogP contribution in [0, 0.1) is 5.92 Å². The molecular formula is C13H16BrNO2. The molecule has 17 heavy (non-hydrogen) atoms. The van der Waals surface area contributed by atoms with Crippen molar-refractivity contribution >= 4 is 15.9 Å². The second kappa shape index (κ2) is 5.65. The molecule has 92 valence electrons. The molecule has 0 saturated carbocycles. The summed E-state index contributed by atoms with van der Waals surface area (Å²) in [5.41, 5.74) is 0.948. The van der Waals surface area contributed by atoms with Gasteiger partial charge in [-0.15, -0.1) is 0 Å². The number of nitrogens with zero attached hydrogens (tertiary/aromatic N) is 1. The molecule has 0 unspecified atom stereocenters. The van der Waals surface area contributed by atoms with Gasteiger partial charge in [0.05, 0.1) is 18.9 Å². The molecule has 0 saturated heterocycles. The largest absolute Gasteiger partial charge is 0.481 e. The lowest BCUT2D eigenvalue weighted by Gasteiger charge is -2.23. The molecule has 1 heterocycles. The highest BCUT2D eigenvalue weighted by atomic mass is 79.9. The number of ether oxygens (including phenoxy) is 1. The molecule has 1 N–H and O–H groups in total. The van der Waals surface area contributed by atoms with Crippen molar-refractivity contribution in [2.75, 3.05) is 7.11 Å². The average Bonchev–Trinajstić information content (AvgIpc) is 2.35. The highest BCUT2D eigenvalue weighted by Gasteiger charge is 2.21. The Labute approximate surface area is 110 Å². The fourth-order valence-corrected chi connectivity index (χ4v) is 2.45. The van der Waals surface area contributed by atoms with Crippen LogP contribution in [0.3, 0.4) is 0 Å². The van der Waals surface area contributed by atoms with E-state index in [1.165, 1.54) is 0 Å². The predicted molar refractivity (Wildman–Crippen MR) is 70.1 cm³/mol. The number of aliphatic hydroxyl groups is 1. The van der Waals surface area contributed by atoms with E-state index >= 15 is 0 Å². The van der Waals surface area contributed by atoms with E-state index in [0.29, 0.717) is 5.88 Å². The van der Waals surface area contributed by atoms with Gasteiger partial charge in [0, 0.05) is 10.5 Å². The lowest BCUT2D eigenvalue weighted by molar-refractivity contribution is 0.139. The van der Waals surface area contributed by atoms with Gasteiger partial charge in [0.25, 0.3) is 0 Å². The van der Waals surface area contributed by atoms with Gasteiger partial charge in [-0.1, -0.05) is 12.2 Å². The smallest absolute Gasteiger partial charge is 0.213 e. The van der Waals surface area contributed by atoms with Gasteiger partial charge in [-0.05, 0) is 47.2 Å². The van der Waals surface area contributed by atoms with E-state index in [-0.39, 0.29) is 12.0 Å². The highest BCUT2D eigenvalue weighted by Crippen LogP contribution is 2.27. The van der Waals surface area contributed by atoms with Crippen molar-refractivity contribution in [3.05, 3.63) is 34.5 Å². The molecule has 2 atom stereocenters. The standard InChI is InChI=1S/C13H16BrNO2/c1-17-13-7-6-10(14)11(15-13)8-9-4-2-3-5-12(9)16/h3,5-7,9,12,16H,2,4,8H2,1H3/t9-,12+/m0/s1. The Balaban J connectivity index is 2.14. The third-order valence-electron chi connectivity index (χ3n) is 3.08. The molecule has 3 nitrogen and oxygen atoms in total. The van der Waals surface area contributed by atoms with E-state index in [9.17, 15) is 5.11 Å². The zero-order valence-corrected chi connectivity index (χ0v) is 11.4. The van der Waals surface area contributed by atoms with Crippen LogP contribution in [-0.2, 0) is 6.42 Å². The highest BCUT2D eigenvalue weighted by molar-refractivity contribution is 9.10. The van der Waals surface area contributed by atoms with Crippen molar-refractivity contribution in [3.8, 4) is 5.88 Å². The summed E-state index contributed by atoms with van der Waals surface area (Å²) in [7, 11) is 1.61. The van der Waals surface area contributed by atoms with Gasteiger partial charge < -0.3 is 9.84 Å². The molecule has 2 rings (SSSR count). The van der Waals surface area contributed by atoms with E-state index in [2.05, 4.69) is 20.9 Å². The Kier molecular flexibility index (Phi) is 4.18. The van der Waals surface area contributed by atoms with E-state index in [0.717, 1.165) is 29.4 Å². The number of rotatable bonds is 3. The van der Waals surface area contributed by atoms with E-state index in [1.807, 2.05) is 24.3 Å². The second-order valence-electron chi connectivity index (χ2n) is 4.24. The number of halogens is 1. The quantitative estimate of drug-likeness (QED) is 0.873. The third-order valence-corrected chi connectivity index (χ3v) is 3.80. The Morgan fingerprint density at radius 3 is 3.06 bits per heavy atom. The number of methoxy groups -OCH3 is 1. The number of aromatic nitrogens is 1. The summed E-state index contributed by atoms with van der Waals surface area (Å²) in [5.74, 6) is 0.861. The van der Waals surface area contributed by atoms with Crippen LogP contribution in [-0.4, -0.2) is 23.3 Å². The van der Waals surface area contributed by atoms with Gasteiger partial charge in [0.15, 0.2) is 0 Å². The Bertz CT molecular complexity index is 420. The van der Waals surface area contributed by atoms with Gasteiger partial charge in [-0.2, -0.15) is 0 Å². The van der Waals surface area contributed by atoms with Crippen molar-refractivity contribution in [3.63, 3.8) is 0 Å². The minimum atomic E-state index is -0.358. The normalized spacial score (nSPS) is 23.7. The summed E-state index contributed by atoms with van der Waals surface area (Å²) < 4.78 is 6.09. The van der Waals surface area contributed by atoms with Crippen LogP contribution in [0.5, 0.6) is 5.88 Å². The summed E-state index contributed by atoms with van der Waals surface area (Å²) >= 11 is 3.49. The van der Waals surface area contributed by atoms with E-state index in [1.54, 1.807) is 7.11 Å². The zero-order valence-electron chi connectivity index (χ0n) is 9.77. The Hall–Kier alpha value is -0.870. The summed E-state index contributed by atoms with van der Waals surface area (Å²) in [6.07, 6.45) is 6.36. The van der Waals surface area contributed by atoms with Crippen LogP contribution in [0.2, 0.25) is 0 Å². The molecule has 0 spiro atoms. The van der Waals surface area contributed by atoms with Gasteiger partial charge in [0.2, 0.25) is 5.88 Å². The first-order valence-corrected chi connectivity index (χ1v) is 6.54. The summed E-state index contributed by atoms with van der Waals surface area (Å²) in [5, 5.41) is 9.89. The molecule has 0 fully saturated rings. The van der Waals surface area contributed by atoms with Crippen LogP contribution < -0.4 is 4.74 Å². The first-order valence-electron chi connectivity index (χ1n) is 5.75. The molecule has 1 aliphatic carbocycles. The van der Waals surface area contributed by atoms with Crippen molar-refractivity contribution in [2.24, 2.45) is 5.92 Å². The summed E-state index contributed by atoms with van der Waals surface area (Å²) in [6.45, 7) is 0. The van der Waals surface area contributed by atoms with Crippen LogP contribution >= 0.6 is 15.9 Å². The lowest BCUT2D eigenvalue weighted by atomic mass is 9.88. The maximum Gasteiger partial charge on any atom is 0.213 e. The molecule has 0 amide bonds. The second-order valence-corrected chi connectivity index (χ2v) is 5.10. The van der Waals surface area contributed by atoms with Gasteiger partial charge in [-0.25, -0.2) is 4.98 Å². The topological polar surface area (TPSA) is 42.4 Å². The molecule has 1 aliphatic rings. The van der Waals surface area contributed by atoms with E-state index in [4.69, 9.17) is 4.74 Å². The van der Waals surface area contributed by atoms with Crippen molar-refractivity contribution in [2.45, 2.75) is 25.4 Å². The predicted octanol–water partition coefficient (Wildman–Crippen LogP) is 2.72. The van der Waals surface area contributed by atoms with Gasteiger partial charge in [0.1, 0.15) is 0 Å². The number of aliphatic hydroxyl groups excluding tert-OH is 1. The van der Waals surface area contributed by atoms with Crippen LogP contribution in [0.25, 0.3) is 0 Å². The van der Waals surface area contributed by atoms with Crippen molar-refractivity contribution < 1.29 is 9.84 Å². The van der Waals surface area contributed by atoms with Gasteiger partial charge in [-0.3, -0.25) is 0 Å². The number of hydrogen-bond donors (Lipinski definition) is 1. The fraction of sp³-hybridized carbons (Fsp3) is 0.462. The molecule has 0 aromatic carbocycles. The lowest BCUT2D eigenvalue weighted by Crippen LogP contribution is -2.23. The SMILES string of the molecule is COc1ccc(Br)c(C[C@@H]2CCC=C[C@H]2O)n1. The molecular weight excluding hydrogens is 282 g/mol. The number of pyridine rings is 1. The van der Waals surface area contributed by atoms with Crippen LogP contribution in [0.1, 0.15) is 18.5 Å². The number of allylic oxidation sites excluding steroid dienone is 1. The Morgan fingerprint density at radius 2 is 2.35 bits per heavy atom. The molecule has 1 aromatic heterocycles. The summed E-state index contributed by atoms with van der Waals surface area (Å²) in [4.78, 5) is 4.42. The maximum atomic E-state index is 9.89.